The van der Waals surface area contributed by atoms with Gasteiger partial charge in [0.2, 0.25) is 0 Å². The summed E-state index contributed by atoms with van der Waals surface area (Å²) < 4.78 is 1.75. The lowest BCUT2D eigenvalue weighted by molar-refractivity contribution is 0.254. The summed E-state index contributed by atoms with van der Waals surface area (Å²) in [5.41, 5.74) is 1.92. The Morgan fingerprint density at radius 3 is 2.85 bits per heavy atom. The molecule has 1 N–H and O–H groups in total. The summed E-state index contributed by atoms with van der Waals surface area (Å²) >= 11 is 0. The van der Waals surface area contributed by atoms with Crippen LogP contribution in [0.25, 0.3) is 0 Å². The summed E-state index contributed by atoms with van der Waals surface area (Å²) in [5.74, 6) is -0.324. The van der Waals surface area contributed by atoms with E-state index in [0.29, 0.717) is 6.42 Å². The quantitative estimate of drug-likeness (QED) is 0.730. The van der Waals surface area contributed by atoms with Gasteiger partial charge in [-0.2, -0.15) is 10.4 Å². The average molecular weight is 179 g/mol. The molecule has 70 valence electrons. The summed E-state index contributed by atoms with van der Waals surface area (Å²) in [7, 11) is 1.84. The van der Waals surface area contributed by atoms with Crippen molar-refractivity contribution in [1.82, 2.24) is 9.78 Å². The number of rotatable bonds is 3. The molecule has 1 heterocycles. The Hall–Kier alpha value is -1.34. The topological polar surface area (TPSA) is 61.8 Å². The second-order valence-corrected chi connectivity index (χ2v) is 3.11. The summed E-state index contributed by atoms with van der Waals surface area (Å²) in [6.07, 6.45) is 0.560. The van der Waals surface area contributed by atoms with Crippen LogP contribution in [-0.4, -0.2) is 21.5 Å². The van der Waals surface area contributed by atoms with Crippen molar-refractivity contribution < 1.29 is 5.11 Å². The van der Waals surface area contributed by atoms with Crippen LogP contribution in [0.3, 0.4) is 0 Å². The minimum absolute atomic E-state index is 0.0965. The number of hydrogen-bond donors (Lipinski definition) is 1. The number of aliphatic hydroxyl groups is 1. The number of aliphatic hydroxyl groups excluding tert-OH is 1. The highest BCUT2D eigenvalue weighted by molar-refractivity contribution is 5.10. The number of aromatic nitrogens is 2. The lowest BCUT2D eigenvalue weighted by Crippen LogP contribution is -2.10. The summed E-state index contributed by atoms with van der Waals surface area (Å²) in [5, 5.41) is 21.6. The van der Waals surface area contributed by atoms with Gasteiger partial charge >= 0.3 is 0 Å². The van der Waals surface area contributed by atoms with Crippen LogP contribution in [0.15, 0.2) is 6.07 Å². The van der Waals surface area contributed by atoms with Crippen molar-refractivity contribution in [2.24, 2.45) is 13.0 Å². The van der Waals surface area contributed by atoms with E-state index in [4.69, 9.17) is 10.4 Å². The third-order valence-electron chi connectivity index (χ3n) is 1.96. The first kappa shape index (κ1) is 9.75. The van der Waals surface area contributed by atoms with Crippen molar-refractivity contribution in [3.8, 4) is 6.07 Å². The minimum atomic E-state index is -0.324. The first-order valence-electron chi connectivity index (χ1n) is 4.17. The van der Waals surface area contributed by atoms with Crippen LogP contribution in [0, 0.1) is 24.2 Å². The van der Waals surface area contributed by atoms with E-state index >= 15 is 0 Å². The summed E-state index contributed by atoms with van der Waals surface area (Å²) in [4.78, 5) is 0. The molecular weight excluding hydrogens is 166 g/mol. The standard InChI is InChI=1S/C9H13N3O/c1-7-3-9(12(2)11-7)4-8(5-10)6-13/h3,8,13H,4,6H2,1-2H3. The SMILES string of the molecule is Cc1cc(CC(C#N)CO)n(C)n1. The molecule has 1 aromatic rings. The van der Waals surface area contributed by atoms with E-state index in [1.165, 1.54) is 0 Å². The molecule has 0 aliphatic carbocycles. The largest absolute Gasteiger partial charge is 0.395 e. The molecule has 0 aliphatic heterocycles. The molecule has 0 amide bonds. The third-order valence-corrected chi connectivity index (χ3v) is 1.96. The minimum Gasteiger partial charge on any atom is -0.395 e. The zero-order valence-electron chi connectivity index (χ0n) is 7.86. The van der Waals surface area contributed by atoms with Gasteiger partial charge in [-0.1, -0.05) is 0 Å². The van der Waals surface area contributed by atoms with Gasteiger partial charge in [-0.15, -0.1) is 0 Å². The van der Waals surface area contributed by atoms with Gasteiger partial charge in [-0.05, 0) is 13.0 Å². The van der Waals surface area contributed by atoms with E-state index in [-0.39, 0.29) is 12.5 Å². The Morgan fingerprint density at radius 1 is 1.77 bits per heavy atom. The number of aryl methyl sites for hydroxylation is 2. The number of nitriles is 1. The van der Waals surface area contributed by atoms with E-state index < -0.39 is 0 Å². The van der Waals surface area contributed by atoms with Crippen molar-refractivity contribution in [2.45, 2.75) is 13.3 Å². The molecule has 0 spiro atoms. The average Bonchev–Trinajstić information content (AvgIpc) is 2.41. The maximum absolute atomic E-state index is 8.83. The van der Waals surface area contributed by atoms with Gasteiger partial charge in [0.15, 0.2) is 0 Å². The molecule has 0 aromatic carbocycles. The van der Waals surface area contributed by atoms with Crippen LogP contribution >= 0.6 is 0 Å². The molecule has 0 bridgehead atoms. The lowest BCUT2D eigenvalue weighted by atomic mass is 10.1. The Balaban J connectivity index is 2.74. The van der Waals surface area contributed by atoms with Crippen molar-refractivity contribution in [1.29, 1.82) is 5.26 Å². The van der Waals surface area contributed by atoms with Crippen LogP contribution in [0.5, 0.6) is 0 Å². The fraction of sp³-hybridized carbons (Fsp3) is 0.556. The molecule has 0 fully saturated rings. The maximum Gasteiger partial charge on any atom is 0.0749 e. The molecule has 0 aliphatic rings. The van der Waals surface area contributed by atoms with Gasteiger partial charge in [0.25, 0.3) is 0 Å². The Morgan fingerprint density at radius 2 is 2.46 bits per heavy atom. The number of nitrogens with zero attached hydrogens (tertiary/aromatic N) is 3. The van der Waals surface area contributed by atoms with Gasteiger partial charge in [0, 0.05) is 19.2 Å². The second-order valence-electron chi connectivity index (χ2n) is 3.11. The highest BCUT2D eigenvalue weighted by Crippen LogP contribution is 2.08. The molecule has 1 unspecified atom stereocenters. The molecule has 1 rings (SSSR count). The van der Waals surface area contributed by atoms with Gasteiger partial charge in [0.1, 0.15) is 0 Å². The Labute approximate surface area is 77.4 Å². The van der Waals surface area contributed by atoms with E-state index in [1.54, 1.807) is 4.68 Å². The molecule has 4 nitrogen and oxygen atoms in total. The van der Waals surface area contributed by atoms with Crippen molar-refractivity contribution in [2.75, 3.05) is 6.61 Å². The zero-order chi connectivity index (χ0) is 9.84. The van der Waals surface area contributed by atoms with E-state index in [1.807, 2.05) is 26.1 Å². The fourth-order valence-electron chi connectivity index (χ4n) is 1.26. The fourth-order valence-corrected chi connectivity index (χ4v) is 1.26. The molecule has 13 heavy (non-hydrogen) atoms. The van der Waals surface area contributed by atoms with Crippen LogP contribution in [0.4, 0.5) is 0 Å². The molecule has 4 heteroatoms. The maximum atomic E-state index is 8.83. The molecule has 0 saturated carbocycles. The van der Waals surface area contributed by atoms with Crippen LogP contribution in [0.2, 0.25) is 0 Å². The van der Waals surface area contributed by atoms with E-state index in [2.05, 4.69) is 5.10 Å². The van der Waals surface area contributed by atoms with Crippen molar-refractivity contribution in [3.05, 3.63) is 17.5 Å². The zero-order valence-corrected chi connectivity index (χ0v) is 7.86. The van der Waals surface area contributed by atoms with Gasteiger partial charge in [-0.3, -0.25) is 4.68 Å². The first-order chi connectivity index (χ1) is 6.17. The molecule has 0 saturated heterocycles. The Kier molecular flexibility index (Phi) is 3.04. The normalized spacial score (nSPS) is 12.5. The van der Waals surface area contributed by atoms with E-state index in [9.17, 15) is 0 Å². The van der Waals surface area contributed by atoms with Crippen LogP contribution < -0.4 is 0 Å². The predicted molar refractivity (Wildman–Crippen MR) is 47.8 cm³/mol. The van der Waals surface area contributed by atoms with Gasteiger partial charge < -0.3 is 5.11 Å². The molecule has 1 aromatic heterocycles. The van der Waals surface area contributed by atoms with Gasteiger partial charge in [-0.25, -0.2) is 0 Å². The lowest BCUT2D eigenvalue weighted by Gasteiger charge is -2.04. The molecular formula is C9H13N3O. The third kappa shape index (κ3) is 2.30. The van der Waals surface area contributed by atoms with Crippen LogP contribution in [0.1, 0.15) is 11.4 Å². The first-order valence-corrected chi connectivity index (χ1v) is 4.17. The van der Waals surface area contributed by atoms with Gasteiger partial charge in [0.05, 0.1) is 24.3 Å². The van der Waals surface area contributed by atoms with Crippen LogP contribution in [-0.2, 0) is 13.5 Å². The van der Waals surface area contributed by atoms with E-state index in [0.717, 1.165) is 11.4 Å². The summed E-state index contributed by atoms with van der Waals surface area (Å²) in [6, 6.07) is 3.98. The second kappa shape index (κ2) is 4.06. The number of hydrogen-bond acceptors (Lipinski definition) is 3. The molecule has 1 atom stereocenters. The smallest absolute Gasteiger partial charge is 0.0749 e. The highest BCUT2D eigenvalue weighted by Gasteiger charge is 2.10. The highest BCUT2D eigenvalue weighted by atomic mass is 16.3. The van der Waals surface area contributed by atoms with Crippen molar-refractivity contribution >= 4 is 0 Å². The monoisotopic (exact) mass is 179 g/mol. The molecule has 0 radical (unpaired) electrons. The summed E-state index contributed by atoms with van der Waals surface area (Å²) in [6.45, 7) is 1.81. The Bertz CT molecular complexity index is 324. The predicted octanol–water partition coefficient (Wildman–Crippen LogP) is 0.403. The van der Waals surface area contributed by atoms with Crippen molar-refractivity contribution in [3.63, 3.8) is 0 Å².